The molecule has 0 unspecified atom stereocenters. The van der Waals surface area contributed by atoms with Crippen LogP contribution in [0.25, 0.3) is 11.3 Å². The fourth-order valence-corrected chi connectivity index (χ4v) is 5.89. The summed E-state index contributed by atoms with van der Waals surface area (Å²) in [5, 5.41) is 9.78. The van der Waals surface area contributed by atoms with Crippen molar-refractivity contribution in [1.82, 2.24) is 13.9 Å². The number of hydrogen-bond donors (Lipinski definition) is 3. The highest BCUT2D eigenvalue weighted by atomic mass is 32.2. The Hall–Kier alpha value is -4.23. The van der Waals surface area contributed by atoms with E-state index in [4.69, 9.17) is 25.7 Å². The lowest BCUT2D eigenvalue weighted by Gasteiger charge is -2.25. The number of methoxy groups -OCH3 is 1. The van der Waals surface area contributed by atoms with Crippen LogP contribution in [0.4, 0.5) is 5.69 Å². The second-order valence-corrected chi connectivity index (χ2v) is 11.4. The highest BCUT2D eigenvalue weighted by Crippen LogP contribution is 2.37. The molecule has 0 amide bonds. The fraction of sp³-hybridized carbons (Fsp3) is 0.357. The van der Waals surface area contributed by atoms with Crippen molar-refractivity contribution < 1.29 is 17.9 Å². The molecule has 3 aromatic rings. The molecule has 0 saturated carbocycles. The summed E-state index contributed by atoms with van der Waals surface area (Å²) in [6, 6.07) is 9.72. The van der Waals surface area contributed by atoms with E-state index < -0.39 is 15.1 Å². The number of fused-ring (bicyclic) bond motifs is 3. The van der Waals surface area contributed by atoms with Gasteiger partial charge in [-0.1, -0.05) is 17.7 Å². The minimum atomic E-state index is -4.12. The summed E-state index contributed by atoms with van der Waals surface area (Å²) < 4.78 is 41.7. The maximum atomic E-state index is 13.9. The van der Waals surface area contributed by atoms with Gasteiger partial charge in [-0.05, 0) is 62.9 Å². The Labute approximate surface area is 238 Å². The Balaban J connectivity index is 1.91. The van der Waals surface area contributed by atoms with Gasteiger partial charge in [-0.2, -0.15) is 5.10 Å². The lowest BCUT2D eigenvalue weighted by atomic mass is 9.97. The maximum Gasteiger partial charge on any atom is 0.330 e. The standard InChI is InChI=1S/C28H35N7O5S/c1-6-40-24-13-20-7-9-34-22(21(20)14-23(24)39-5)15-25(32-27-18(3)11-17(2)12-19(27)4)35(28(34)36)10-8-31-41(37,38)26(16-29)33-30/h11-16,29,31H,6-10,30H2,1-5H3. The second-order valence-electron chi connectivity index (χ2n) is 9.69. The van der Waals surface area contributed by atoms with Gasteiger partial charge in [0.05, 0.1) is 31.3 Å². The van der Waals surface area contributed by atoms with Gasteiger partial charge in [0.25, 0.3) is 10.0 Å². The molecule has 1 aliphatic heterocycles. The first-order valence-corrected chi connectivity index (χ1v) is 14.6. The van der Waals surface area contributed by atoms with Crippen LogP contribution in [0.2, 0.25) is 0 Å². The van der Waals surface area contributed by atoms with Crippen molar-refractivity contribution in [3.63, 3.8) is 0 Å². The third-order valence-electron chi connectivity index (χ3n) is 6.88. The number of rotatable bonds is 9. The summed E-state index contributed by atoms with van der Waals surface area (Å²) in [5.74, 6) is 6.32. The summed E-state index contributed by atoms with van der Waals surface area (Å²) in [7, 11) is -2.54. The number of aryl methyl sites for hydroxylation is 4. The van der Waals surface area contributed by atoms with Crippen molar-refractivity contribution in [3.8, 4) is 22.8 Å². The van der Waals surface area contributed by atoms with E-state index in [2.05, 4.69) is 9.82 Å². The van der Waals surface area contributed by atoms with E-state index >= 15 is 0 Å². The summed E-state index contributed by atoms with van der Waals surface area (Å²) in [6.45, 7) is 8.59. The zero-order chi connectivity index (χ0) is 29.9. The van der Waals surface area contributed by atoms with Gasteiger partial charge in [-0.3, -0.25) is 9.13 Å². The van der Waals surface area contributed by atoms with Crippen molar-refractivity contribution in [2.24, 2.45) is 15.9 Å². The quantitative estimate of drug-likeness (QED) is 0.152. The van der Waals surface area contributed by atoms with Crippen LogP contribution in [-0.4, -0.2) is 49.1 Å². The molecule has 0 fully saturated rings. The van der Waals surface area contributed by atoms with E-state index in [-0.39, 0.29) is 18.8 Å². The second kappa shape index (κ2) is 12.1. The molecule has 0 saturated heterocycles. The van der Waals surface area contributed by atoms with Gasteiger partial charge in [0, 0.05) is 31.3 Å². The predicted octanol–water partition coefficient (Wildman–Crippen LogP) is 2.28. The molecule has 41 heavy (non-hydrogen) atoms. The van der Waals surface area contributed by atoms with Crippen LogP contribution in [0.1, 0.15) is 29.2 Å². The van der Waals surface area contributed by atoms with E-state index in [9.17, 15) is 13.2 Å². The number of hydrogen-bond acceptors (Lipinski definition) is 9. The van der Waals surface area contributed by atoms with E-state index in [1.54, 1.807) is 11.7 Å². The monoisotopic (exact) mass is 581 g/mol. The molecule has 12 nitrogen and oxygen atoms in total. The largest absolute Gasteiger partial charge is 0.493 e. The number of ether oxygens (including phenoxy) is 2. The molecule has 0 atom stereocenters. The third kappa shape index (κ3) is 5.95. The molecular weight excluding hydrogens is 546 g/mol. The van der Waals surface area contributed by atoms with Crippen molar-refractivity contribution in [2.75, 3.05) is 20.3 Å². The zero-order valence-corrected chi connectivity index (χ0v) is 24.6. The van der Waals surface area contributed by atoms with E-state index in [0.717, 1.165) is 33.5 Å². The molecule has 2 heterocycles. The topological polar surface area (TPSA) is 166 Å². The maximum absolute atomic E-state index is 13.9. The number of benzene rings is 2. The lowest BCUT2D eigenvalue weighted by Crippen LogP contribution is -2.44. The molecule has 0 bridgehead atoms. The molecule has 218 valence electrons. The Morgan fingerprint density at radius 1 is 1.15 bits per heavy atom. The number of nitrogens with one attached hydrogen (secondary N) is 2. The average molecular weight is 582 g/mol. The molecule has 2 aromatic carbocycles. The number of nitrogens with two attached hydrogens (primary N) is 1. The Morgan fingerprint density at radius 3 is 2.46 bits per heavy atom. The fourth-order valence-electron chi connectivity index (χ4n) is 5.09. The zero-order valence-electron chi connectivity index (χ0n) is 23.8. The van der Waals surface area contributed by atoms with Gasteiger partial charge in [-0.25, -0.2) is 22.9 Å². The van der Waals surface area contributed by atoms with E-state index in [0.29, 0.717) is 48.5 Å². The van der Waals surface area contributed by atoms with Crippen molar-refractivity contribution in [1.29, 1.82) is 5.41 Å². The van der Waals surface area contributed by atoms with Gasteiger partial charge in [-0.15, -0.1) is 0 Å². The van der Waals surface area contributed by atoms with E-state index in [1.807, 2.05) is 58.0 Å². The number of sulfonamides is 1. The van der Waals surface area contributed by atoms with E-state index in [1.165, 1.54) is 4.57 Å². The van der Waals surface area contributed by atoms with Gasteiger partial charge in [0.2, 0.25) is 5.04 Å². The summed E-state index contributed by atoms with van der Waals surface area (Å²) in [5.41, 5.74) is 6.31. The van der Waals surface area contributed by atoms with Crippen molar-refractivity contribution >= 4 is 27.0 Å². The smallest absolute Gasteiger partial charge is 0.330 e. The highest BCUT2D eigenvalue weighted by molar-refractivity contribution is 8.06. The van der Waals surface area contributed by atoms with Crippen LogP contribution >= 0.6 is 0 Å². The molecule has 4 rings (SSSR count). The Bertz CT molecular complexity index is 1750. The normalized spacial score (nSPS) is 13.5. The summed E-state index contributed by atoms with van der Waals surface area (Å²) >= 11 is 0. The van der Waals surface area contributed by atoms with Gasteiger partial charge in [0.15, 0.2) is 11.5 Å². The first kappa shape index (κ1) is 29.7. The number of aromatic nitrogens is 2. The summed E-state index contributed by atoms with van der Waals surface area (Å²) in [4.78, 5) is 18.9. The first-order valence-electron chi connectivity index (χ1n) is 13.1. The Morgan fingerprint density at radius 2 is 1.85 bits per heavy atom. The van der Waals surface area contributed by atoms with Gasteiger partial charge in [0.1, 0.15) is 5.49 Å². The van der Waals surface area contributed by atoms with Crippen LogP contribution in [0, 0.1) is 26.2 Å². The van der Waals surface area contributed by atoms with Crippen molar-refractivity contribution in [2.45, 2.75) is 47.2 Å². The Kier molecular flexibility index (Phi) is 8.78. The highest BCUT2D eigenvalue weighted by Gasteiger charge is 2.23. The SMILES string of the molecule is CCOc1cc2c(cc1OC)-c1cc(=Nc3c(C)cc(C)cc3C)n(CCNS(=O)(=O)C(C=N)=NN)c(=O)n1CC2. The molecule has 1 aliphatic rings. The van der Waals surface area contributed by atoms with Crippen LogP contribution in [-0.2, 0) is 29.5 Å². The molecule has 0 aliphatic carbocycles. The molecular formula is C28H35N7O5S. The minimum Gasteiger partial charge on any atom is -0.493 e. The molecule has 0 radical (unpaired) electrons. The molecule has 13 heteroatoms. The van der Waals surface area contributed by atoms with Crippen LogP contribution in [0.3, 0.4) is 0 Å². The minimum absolute atomic E-state index is 0.0174. The molecule has 0 spiro atoms. The molecule has 1 aromatic heterocycles. The van der Waals surface area contributed by atoms with Crippen LogP contribution in [0.5, 0.6) is 11.5 Å². The molecule has 4 N–H and O–H groups in total. The van der Waals surface area contributed by atoms with Gasteiger partial charge >= 0.3 is 5.69 Å². The summed E-state index contributed by atoms with van der Waals surface area (Å²) in [6.07, 6.45) is 1.15. The first-order chi connectivity index (χ1) is 19.5. The van der Waals surface area contributed by atoms with Crippen LogP contribution < -0.4 is 31.2 Å². The van der Waals surface area contributed by atoms with Crippen molar-refractivity contribution in [3.05, 3.63) is 68.6 Å². The third-order valence-corrected chi connectivity index (χ3v) is 8.24. The lowest BCUT2D eigenvalue weighted by molar-refractivity contribution is 0.310. The number of nitrogens with zero attached hydrogens (tertiary/aromatic N) is 4. The average Bonchev–Trinajstić information content (AvgIpc) is 2.92. The number of hydrazone groups is 1. The van der Waals surface area contributed by atoms with Crippen LogP contribution in [0.15, 0.2) is 45.2 Å². The van der Waals surface area contributed by atoms with Gasteiger partial charge < -0.3 is 20.7 Å². The predicted molar refractivity (Wildman–Crippen MR) is 159 cm³/mol.